The Labute approximate surface area is 114 Å². The van der Waals surface area contributed by atoms with Gasteiger partial charge in [0, 0.05) is 6.04 Å². The molecule has 0 spiro atoms. The number of aromatic hydroxyl groups is 1. The predicted molar refractivity (Wildman–Crippen MR) is 75.3 cm³/mol. The van der Waals surface area contributed by atoms with Crippen LogP contribution in [0.4, 0.5) is 0 Å². The van der Waals surface area contributed by atoms with Gasteiger partial charge in [0.2, 0.25) is 0 Å². The molecule has 0 saturated carbocycles. The number of aliphatic carboxylic acids is 1. The molecular formula is C15H23NO3. The fourth-order valence-electron chi connectivity index (χ4n) is 1.98. The van der Waals surface area contributed by atoms with Gasteiger partial charge in [0.25, 0.3) is 0 Å². The van der Waals surface area contributed by atoms with Crippen LogP contribution in [0.3, 0.4) is 0 Å². The van der Waals surface area contributed by atoms with Crippen LogP contribution in [0.2, 0.25) is 0 Å². The van der Waals surface area contributed by atoms with Gasteiger partial charge in [-0.15, -0.1) is 0 Å². The van der Waals surface area contributed by atoms with Crippen LogP contribution in [0.15, 0.2) is 24.3 Å². The van der Waals surface area contributed by atoms with E-state index < -0.39 is 12.0 Å². The number of carbonyl (C=O) groups is 1. The van der Waals surface area contributed by atoms with Crippen LogP contribution in [0.25, 0.3) is 0 Å². The van der Waals surface area contributed by atoms with Gasteiger partial charge in [0.1, 0.15) is 11.8 Å². The van der Waals surface area contributed by atoms with Crippen molar-refractivity contribution in [3.05, 3.63) is 29.8 Å². The molecule has 0 fully saturated rings. The first-order valence-electron chi connectivity index (χ1n) is 6.67. The van der Waals surface area contributed by atoms with E-state index in [-0.39, 0.29) is 17.7 Å². The summed E-state index contributed by atoms with van der Waals surface area (Å²) < 4.78 is 0. The number of rotatable bonds is 7. The largest absolute Gasteiger partial charge is 0.508 e. The Morgan fingerprint density at radius 1 is 1.21 bits per heavy atom. The molecule has 0 radical (unpaired) electrons. The molecule has 4 heteroatoms. The van der Waals surface area contributed by atoms with Gasteiger partial charge in [-0.05, 0) is 43.4 Å². The summed E-state index contributed by atoms with van der Waals surface area (Å²) in [5.41, 5.74) is 1.14. The second-order valence-electron chi connectivity index (χ2n) is 5.33. The number of aryl methyl sites for hydroxylation is 1. The monoisotopic (exact) mass is 265 g/mol. The Kier molecular flexibility index (Phi) is 5.83. The molecular weight excluding hydrogens is 242 g/mol. The van der Waals surface area contributed by atoms with E-state index in [2.05, 4.69) is 5.32 Å². The van der Waals surface area contributed by atoms with E-state index >= 15 is 0 Å². The van der Waals surface area contributed by atoms with Crippen molar-refractivity contribution in [1.82, 2.24) is 5.32 Å². The Bertz CT molecular complexity index is 400. The van der Waals surface area contributed by atoms with E-state index in [9.17, 15) is 9.90 Å². The molecule has 19 heavy (non-hydrogen) atoms. The van der Waals surface area contributed by atoms with Crippen molar-refractivity contribution in [2.24, 2.45) is 5.92 Å². The van der Waals surface area contributed by atoms with Gasteiger partial charge in [0.15, 0.2) is 0 Å². The van der Waals surface area contributed by atoms with E-state index in [4.69, 9.17) is 5.11 Å². The summed E-state index contributed by atoms with van der Waals surface area (Å²) in [4.78, 5) is 11.1. The molecule has 0 heterocycles. The van der Waals surface area contributed by atoms with Crippen LogP contribution in [0.5, 0.6) is 5.75 Å². The summed E-state index contributed by atoms with van der Waals surface area (Å²) >= 11 is 0. The molecule has 4 nitrogen and oxygen atoms in total. The van der Waals surface area contributed by atoms with E-state index in [1.165, 1.54) is 0 Å². The normalized spacial score (nSPS) is 14.3. The van der Waals surface area contributed by atoms with Crippen molar-refractivity contribution >= 4 is 5.97 Å². The van der Waals surface area contributed by atoms with E-state index in [0.717, 1.165) is 18.4 Å². The van der Waals surface area contributed by atoms with Crippen LogP contribution in [-0.4, -0.2) is 28.3 Å². The molecule has 1 aromatic rings. The maximum atomic E-state index is 11.1. The van der Waals surface area contributed by atoms with Gasteiger partial charge in [-0.25, -0.2) is 0 Å². The number of hydrogen-bond donors (Lipinski definition) is 3. The second-order valence-corrected chi connectivity index (χ2v) is 5.33. The third-order valence-electron chi connectivity index (χ3n) is 3.20. The van der Waals surface area contributed by atoms with Crippen LogP contribution in [0, 0.1) is 5.92 Å². The van der Waals surface area contributed by atoms with Crippen molar-refractivity contribution in [3.63, 3.8) is 0 Å². The highest BCUT2D eigenvalue weighted by Gasteiger charge is 2.22. The fourth-order valence-corrected chi connectivity index (χ4v) is 1.98. The van der Waals surface area contributed by atoms with Crippen LogP contribution >= 0.6 is 0 Å². The first kappa shape index (κ1) is 15.5. The summed E-state index contributed by atoms with van der Waals surface area (Å²) in [6, 6.07) is 6.74. The minimum Gasteiger partial charge on any atom is -0.508 e. The predicted octanol–water partition coefficient (Wildman–Crippen LogP) is 2.41. The average Bonchev–Trinajstić information content (AvgIpc) is 2.34. The van der Waals surface area contributed by atoms with E-state index in [1.807, 2.05) is 32.9 Å². The fraction of sp³-hybridized carbons (Fsp3) is 0.533. The van der Waals surface area contributed by atoms with Crippen molar-refractivity contribution in [3.8, 4) is 5.75 Å². The molecule has 2 unspecified atom stereocenters. The highest BCUT2D eigenvalue weighted by molar-refractivity contribution is 5.73. The highest BCUT2D eigenvalue weighted by atomic mass is 16.4. The number of carboxylic acid groups (broad SMARTS) is 1. The van der Waals surface area contributed by atoms with Gasteiger partial charge in [-0.3, -0.25) is 4.79 Å². The number of benzene rings is 1. The van der Waals surface area contributed by atoms with Gasteiger partial charge < -0.3 is 15.5 Å². The van der Waals surface area contributed by atoms with Crippen molar-refractivity contribution in [1.29, 1.82) is 0 Å². The topological polar surface area (TPSA) is 69.6 Å². The molecule has 2 atom stereocenters. The zero-order valence-electron chi connectivity index (χ0n) is 11.8. The SMILES string of the molecule is CC(CCc1ccc(O)cc1)NC(C(=O)O)C(C)C. The molecule has 0 aliphatic heterocycles. The number of hydrogen-bond acceptors (Lipinski definition) is 3. The summed E-state index contributed by atoms with van der Waals surface area (Å²) in [7, 11) is 0. The molecule has 106 valence electrons. The lowest BCUT2D eigenvalue weighted by atomic mass is 10.0. The first-order valence-corrected chi connectivity index (χ1v) is 6.67. The van der Waals surface area contributed by atoms with Crippen molar-refractivity contribution in [2.75, 3.05) is 0 Å². The maximum Gasteiger partial charge on any atom is 0.320 e. The van der Waals surface area contributed by atoms with Gasteiger partial charge in [-0.1, -0.05) is 26.0 Å². The minimum atomic E-state index is -0.800. The minimum absolute atomic E-state index is 0.0635. The molecule has 0 saturated heterocycles. The first-order chi connectivity index (χ1) is 8.90. The number of phenols is 1. The molecule has 1 rings (SSSR count). The van der Waals surface area contributed by atoms with Crippen LogP contribution < -0.4 is 5.32 Å². The highest BCUT2D eigenvalue weighted by Crippen LogP contribution is 2.12. The van der Waals surface area contributed by atoms with Gasteiger partial charge in [0.05, 0.1) is 0 Å². The number of phenolic OH excluding ortho intramolecular Hbond substituents is 1. The van der Waals surface area contributed by atoms with E-state index in [0.29, 0.717) is 0 Å². The molecule has 0 bridgehead atoms. The average molecular weight is 265 g/mol. The Hall–Kier alpha value is -1.55. The molecule has 0 aliphatic carbocycles. The smallest absolute Gasteiger partial charge is 0.320 e. The van der Waals surface area contributed by atoms with Gasteiger partial charge >= 0.3 is 5.97 Å². The van der Waals surface area contributed by atoms with Gasteiger partial charge in [-0.2, -0.15) is 0 Å². The summed E-state index contributed by atoms with van der Waals surface area (Å²) in [5.74, 6) is -0.472. The summed E-state index contributed by atoms with van der Waals surface area (Å²) in [6.07, 6.45) is 1.72. The second kappa shape index (κ2) is 7.14. The zero-order valence-corrected chi connectivity index (χ0v) is 11.8. The number of nitrogens with one attached hydrogen (secondary N) is 1. The Morgan fingerprint density at radius 3 is 2.26 bits per heavy atom. The lowest BCUT2D eigenvalue weighted by Crippen LogP contribution is -2.45. The third kappa shape index (κ3) is 5.30. The summed E-state index contributed by atoms with van der Waals surface area (Å²) in [6.45, 7) is 5.80. The quantitative estimate of drug-likeness (QED) is 0.708. The molecule has 3 N–H and O–H groups in total. The third-order valence-corrected chi connectivity index (χ3v) is 3.20. The molecule has 0 amide bonds. The summed E-state index contributed by atoms with van der Waals surface area (Å²) in [5, 5.41) is 21.5. The zero-order chi connectivity index (χ0) is 14.4. The maximum absolute atomic E-state index is 11.1. The molecule has 0 aliphatic rings. The van der Waals surface area contributed by atoms with Crippen molar-refractivity contribution < 1.29 is 15.0 Å². The Balaban J connectivity index is 2.44. The standard InChI is InChI=1S/C15H23NO3/c1-10(2)14(15(18)19)16-11(3)4-5-12-6-8-13(17)9-7-12/h6-11,14,16-17H,4-5H2,1-3H3,(H,18,19). The molecule has 1 aromatic carbocycles. The number of carboxylic acids is 1. The van der Waals surface area contributed by atoms with Crippen LogP contribution in [0.1, 0.15) is 32.8 Å². The van der Waals surface area contributed by atoms with E-state index in [1.54, 1.807) is 12.1 Å². The Morgan fingerprint density at radius 2 is 1.79 bits per heavy atom. The lowest BCUT2D eigenvalue weighted by molar-refractivity contribution is -0.140. The van der Waals surface area contributed by atoms with Crippen molar-refractivity contribution in [2.45, 2.75) is 45.7 Å². The lowest BCUT2D eigenvalue weighted by Gasteiger charge is -2.23. The molecule has 0 aromatic heterocycles. The van der Waals surface area contributed by atoms with Crippen LogP contribution in [-0.2, 0) is 11.2 Å².